The molecular formula is C9H5BrF6O. The quantitative estimate of drug-likeness (QED) is 0.821. The topological polar surface area (TPSA) is 20.2 Å². The van der Waals surface area contributed by atoms with Crippen molar-refractivity contribution in [2.75, 3.05) is 0 Å². The number of benzene rings is 1. The molecule has 0 saturated heterocycles. The van der Waals surface area contributed by atoms with Crippen molar-refractivity contribution in [3.05, 3.63) is 34.1 Å². The Balaban J connectivity index is 3.12. The number of aliphatic hydroxyl groups is 1. The molecule has 0 aliphatic heterocycles. The Bertz CT molecular complexity index is 416. The number of halogens is 7. The van der Waals surface area contributed by atoms with E-state index in [1.54, 1.807) is 0 Å². The van der Waals surface area contributed by atoms with Crippen LogP contribution in [0.25, 0.3) is 0 Å². The summed E-state index contributed by atoms with van der Waals surface area (Å²) >= 11 is 2.62. The van der Waals surface area contributed by atoms with Gasteiger partial charge in [-0.3, -0.25) is 0 Å². The Hall–Kier alpha value is -0.760. The van der Waals surface area contributed by atoms with Gasteiger partial charge in [0.1, 0.15) is 5.82 Å². The summed E-state index contributed by atoms with van der Waals surface area (Å²) in [4.78, 5) is 0. The average molecular weight is 323 g/mol. The first-order chi connectivity index (χ1) is 7.57. The smallest absolute Gasteiger partial charge is 0.382 e. The number of aliphatic hydroxyl groups excluding tert-OH is 1. The molecule has 1 nitrogen and oxygen atoms in total. The van der Waals surface area contributed by atoms with E-state index in [9.17, 15) is 26.3 Å². The Kier molecular flexibility index (Phi) is 3.78. The Morgan fingerprint density at radius 2 is 1.65 bits per heavy atom. The molecular weight excluding hydrogens is 318 g/mol. The first-order valence-electron chi connectivity index (χ1n) is 4.15. The van der Waals surface area contributed by atoms with Crippen LogP contribution in [0.3, 0.4) is 0 Å². The summed E-state index contributed by atoms with van der Waals surface area (Å²) in [5.41, 5.74) is -0.736. The van der Waals surface area contributed by atoms with E-state index < -0.39 is 29.6 Å². The highest BCUT2D eigenvalue weighted by atomic mass is 79.9. The molecule has 0 heterocycles. The van der Waals surface area contributed by atoms with Crippen LogP contribution < -0.4 is 0 Å². The van der Waals surface area contributed by atoms with Gasteiger partial charge >= 0.3 is 12.1 Å². The maximum atomic E-state index is 12.8. The van der Waals surface area contributed by atoms with Crippen molar-refractivity contribution in [1.82, 2.24) is 0 Å². The zero-order valence-corrected chi connectivity index (χ0v) is 9.49. The van der Waals surface area contributed by atoms with Crippen molar-refractivity contribution in [3.63, 3.8) is 0 Å². The van der Waals surface area contributed by atoms with Gasteiger partial charge in [0.15, 0.2) is 6.10 Å². The molecule has 1 atom stereocenters. The summed E-state index contributed by atoms with van der Waals surface area (Å²) in [5.74, 6) is -6.14. The van der Waals surface area contributed by atoms with Gasteiger partial charge in [-0.15, -0.1) is 0 Å². The van der Waals surface area contributed by atoms with Crippen LogP contribution in [0.15, 0.2) is 22.7 Å². The molecule has 1 aromatic rings. The third kappa shape index (κ3) is 2.74. The molecule has 1 rings (SSSR count). The molecule has 1 unspecified atom stereocenters. The number of alkyl halides is 5. The van der Waals surface area contributed by atoms with E-state index >= 15 is 0 Å². The molecule has 0 bridgehead atoms. The second kappa shape index (κ2) is 4.49. The summed E-state index contributed by atoms with van der Waals surface area (Å²) in [6.07, 6.45) is -8.97. The first kappa shape index (κ1) is 14.3. The van der Waals surface area contributed by atoms with Crippen LogP contribution in [0.4, 0.5) is 26.3 Å². The highest BCUT2D eigenvalue weighted by molar-refractivity contribution is 9.10. The SMILES string of the molecule is OC(c1ccc(F)c(Br)c1)C(F)(F)C(F)(F)F. The minimum absolute atomic E-state index is 0.313. The monoisotopic (exact) mass is 322 g/mol. The summed E-state index contributed by atoms with van der Waals surface area (Å²) in [6, 6.07) is 2.00. The van der Waals surface area contributed by atoms with Crippen molar-refractivity contribution in [2.45, 2.75) is 18.2 Å². The van der Waals surface area contributed by atoms with Gasteiger partial charge in [0.25, 0.3) is 0 Å². The Labute approximate surface area is 100 Å². The second-order valence-electron chi connectivity index (χ2n) is 3.20. The molecule has 0 fully saturated rings. The average Bonchev–Trinajstić information content (AvgIpc) is 2.19. The molecule has 8 heteroatoms. The molecule has 1 N–H and O–H groups in total. The van der Waals surface area contributed by atoms with Crippen molar-refractivity contribution in [1.29, 1.82) is 0 Å². The molecule has 0 radical (unpaired) electrons. The van der Waals surface area contributed by atoms with Crippen molar-refractivity contribution >= 4 is 15.9 Å². The van der Waals surface area contributed by atoms with Crippen LogP contribution in [-0.2, 0) is 0 Å². The number of rotatable bonds is 2. The molecule has 96 valence electrons. The highest BCUT2D eigenvalue weighted by Gasteiger charge is 2.62. The fraction of sp³-hybridized carbons (Fsp3) is 0.333. The molecule has 1 aromatic carbocycles. The fourth-order valence-corrected chi connectivity index (χ4v) is 1.44. The van der Waals surface area contributed by atoms with Crippen LogP contribution in [0.2, 0.25) is 0 Å². The van der Waals surface area contributed by atoms with Crippen molar-refractivity contribution < 1.29 is 31.4 Å². The molecule has 0 aromatic heterocycles. The summed E-state index contributed by atoms with van der Waals surface area (Å²) in [7, 11) is 0. The lowest BCUT2D eigenvalue weighted by molar-refractivity contribution is -0.315. The summed E-state index contributed by atoms with van der Waals surface area (Å²) < 4.78 is 73.8. The van der Waals surface area contributed by atoms with Gasteiger partial charge in [-0.05, 0) is 33.6 Å². The largest absolute Gasteiger partial charge is 0.456 e. The second-order valence-corrected chi connectivity index (χ2v) is 4.05. The first-order valence-corrected chi connectivity index (χ1v) is 4.94. The maximum absolute atomic E-state index is 12.8. The van der Waals surface area contributed by atoms with E-state index in [2.05, 4.69) is 15.9 Å². The minimum atomic E-state index is -5.88. The molecule has 17 heavy (non-hydrogen) atoms. The van der Waals surface area contributed by atoms with E-state index in [1.165, 1.54) is 0 Å². The van der Waals surface area contributed by atoms with Crippen LogP contribution >= 0.6 is 15.9 Å². The van der Waals surface area contributed by atoms with Gasteiger partial charge in [0, 0.05) is 0 Å². The zero-order chi connectivity index (χ0) is 13.4. The van der Waals surface area contributed by atoms with Crippen LogP contribution in [0, 0.1) is 5.82 Å². The van der Waals surface area contributed by atoms with Crippen molar-refractivity contribution in [2.24, 2.45) is 0 Å². The van der Waals surface area contributed by atoms with E-state index in [-0.39, 0.29) is 4.47 Å². The van der Waals surface area contributed by atoms with Crippen LogP contribution in [-0.4, -0.2) is 17.2 Å². The lowest BCUT2D eigenvalue weighted by Crippen LogP contribution is -2.42. The molecule has 0 saturated carbocycles. The van der Waals surface area contributed by atoms with E-state index in [0.29, 0.717) is 18.2 Å². The summed E-state index contributed by atoms with van der Waals surface area (Å²) in [6.45, 7) is 0. The third-order valence-corrected chi connectivity index (χ3v) is 2.59. The lowest BCUT2D eigenvalue weighted by atomic mass is 10.0. The van der Waals surface area contributed by atoms with E-state index in [1.807, 2.05) is 0 Å². The molecule has 0 amide bonds. The van der Waals surface area contributed by atoms with E-state index in [0.717, 1.165) is 0 Å². The number of hydrogen-bond donors (Lipinski definition) is 1. The van der Waals surface area contributed by atoms with Gasteiger partial charge in [-0.1, -0.05) is 6.07 Å². The Morgan fingerprint density at radius 1 is 1.12 bits per heavy atom. The predicted octanol–water partition coefficient (Wildman–Crippen LogP) is 3.82. The lowest BCUT2D eigenvalue weighted by Gasteiger charge is -2.25. The molecule has 0 spiro atoms. The van der Waals surface area contributed by atoms with E-state index in [4.69, 9.17) is 5.11 Å². The number of hydrogen-bond acceptors (Lipinski definition) is 1. The van der Waals surface area contributed by atoms with Gasteiger partial charge in [0.05, 0.1) is 4.47 Å². The minimum Gasteiger partial charge on any atom is -0.382 e. The van der Waals surface area contributed by atoms with Gasteiger partial charge in [-0.2, -0.15) is 22.0 Å². The maximum Gasteiger partial charge on any atom is 0.456 e. The van der Waals surface area contributed by atoms with Crippen molar-refractivity contribution in [3.8, 4) is 0 Å². The standard InChI is InChI=1S/C9H5BrF6O/c10-5-3-4(1-2-6(5)11)7(17)8(12,13)9(14,15)16/h1-3,7,17H. The van der Waals surface area contributed by atoms with Gasteiger partial charge in [0.2, 0.25) is 0 Å². The fourth-order valence-electron chi connectivity index (χ4n) is 1.05. The van der Waals surface area contributed by atoms with Crippen LogP contribution in [0.5, 0.6) is 0 Å². The van der Waals surface area contributed by atoms with Gasteiger partial charge in [-0.25, -0.2) is 4.39 Å². The Morgan fingerprint density at radius 3 is 2.06 bits per heavy atom. The third-order valence-electron chi connectivity index (χ3n) is 1.98. The van der Waals surface area contributed by atoms with Gasteiger partial charge < -0.3 is 5.11 Å². The zero-order valence-electron chi connectivity index (χ0n) is 7.90. The normalized spacial score (nSPS) is 14.8. The summed E-state index contributed by atoms with van der Waals surface area (Å²) in [5, 5.41) is 8.99. The predicted molar refractivity (Wildman–Crippen MR) is 50.1 cm³/mol. The van der Waals surface area contributed by atoms with Crippen LogP contribution in [0.1, 0.15) is 11.7 Å². The highest BCUT2D eigenvalue weighted by Crippen LogP contribution is 2.44. The molecule has 0 aliphatic rings. The molecule has 0 aliphatic carbocycles.